The van der Waals surface area contributed by atoms with Crippen LogP contribution in [0.5, 0.6) is 23.0 Å². The molecule has 0 aliphatic heterocycles. The van der Waals surface area contributed by atoms with Gasteiger partial charge in [0.1, 0.15) is 11.5 Å². The number of amides is 1. The van der Waals surface area contributed by atoms with Crippen molar-refractivity contribution in [2.75, 3.05) is 19.8 Å². The molecule has 0 heterocycles. The average Bonchev–Trinajstić information content (AvgIpc) is 2.90. The molecule has 1 amide bonds. The molecule has 1 N–H and O–H groups in total. The normalized spacial score (nSPS) is 10.6. The van der Waals surface area contributed by atoms with Gasteiger partial charge in [-0.15, -0.1) is 0 Å². The highest BCUT2D eigenvalue weighted by Crippen LogP contribution is 2.29. The monoisotopic (exact) mass is 490 g/mol. The number of hydrazone groups is 1. The molecule has 0 radical (unpaired) electrons. The van der Waals surface area contributed by atoms with E-state index in [4.69, 9.17) is 18.9 Å². The Labute approximate surface area is 210 Å². The summed E-state index contributed by atoms with van der Waals surface area (Å²) in [6, 6.07) is 18.6. The molecule has 36 heavy (non-hydrogen) atoms. The van der Waals surface area contributed by atoms with Crippen molar-refractivity contribution in [1.82, 2.24) is 5.43 Å². The van der Waals surface area contributed by atoms with Gasteiger partial charge in [-0.25, -0.2) is 10.2 Å². The minimum Gasteiger partial charge on any atom is -0.494 e. The summed E-state index contributed by atoms with van der Waals surface area (Å²) < 4.78 is 22.1. The lowest BCUT2D eigenvalue weighted by molar-refractivity contribution is 0.0728. The zero-order valence-corrected chi connectivity index (χ0v) is 20.7. The van der Waals surface area contributed by atoms with Crippen LogP contribution in [0, 0.1) is 0 Å². The van der Waals surface area contributed by atoms with Crippen LogP contribution in [0.15, 0.2) is 71.8 Å². The van der Waals surface area contributed by atoms with E-state index in [2.05, 4.69) is 10.5 Å². The van der Waals surface area contributed by atoms with E-state index in [9.17, 15) is 9.59 Å². The number of benzene rings is 3. The molecule has 0 saturated heterocycles. The van der Waals surface area contributed by atoms with Crippen LogP contribution in [0.2, 0.25) is 0 Å². The first-order valence-electron chi connectivity index (χ1n) is 11.8. The van der Waals surface area contributed by atoms with E-state index in [0.717, 1.165) is 6.42 Å². The van der Waals surface area contributed by atoms with Gasteiger partial charge in [0.25, 0.3) is 5.91 Å². The van der Waals surface area contributed by atoms with Crippen LogP contribution in [0.4, 0.5) is 0 Å². The summed E-state index contributed by atoms with van der Waals surface area (Å²) >= 11 is 0. The Bertz CT molecular complexity index is 1170. The van der Waals surface area contributed by atoms with Crippen molar-refractivity contribution in [2.45, 2.75) is 27.2 Å². The molecule has 3 aromatic carbocycles. The summed E-state index contributed by atoms with van der Waals surface area (Å²) in [6.45, 7) is 7.30. The molecule has 0 atom stereocenters. The van der Waals surface area contributed by atoms with Crippen molar-refractivity contribution in [3.8, 4) is 23.0 Å². The summed E-state index contributed by atoms with van der Waals surface area (Å²) in [5.41, 5.74) is 3.99. The van der Waals surface area contributed by atoms with Crippen LogP contribution < -0.4 is 24.4 Å². The molecule has 8 nitrogen and oxygen atoms in total. The maximum absolute atomic E-state index is 12.6. The number of ether oxygens (including phenoxy) is 4. The van der Waals surface area contributed by atoms with E-state index >= 15 is 0 Å². The molecule has 0 saturated carbocycles. The Morgan fingerprint density at radius 2 is 1.42 bits per heavy atom. The van der Waals surface area contributed by atoms with Crippen molar-refractivity contribution in [2.24, 2.45) is 5.10 Å². The molecule has 0 aliphatic carbocycles. The topological polar surface area (TPSA) is 95.5 Å². The summed E-state index contributed by atoms with van der Waals surface area (Å²) in [7, 11) is 0. The van der Waals surface area contributed by atoms with Crippen LogP contribution in [-0.2, 0) is 0 Å². The smallest absolute Gasteiger partial charge is 0.343 e. The molecule has 8 heteroatoms. The fraction of sp³-hybridized carbons (Fsp3) is 0.250. The summed E-state index contributed by atoms with van der Waals surface area (Å²) in [5, 5.41) is 4.01. The van der Waals surface area contributed by atoms with Gasteiger partial charge in [0, 0.05) is 5.56 Å². The van der Waals surface area contributed by atoms with Crippen LogP contribution in [0.25, 0.3) is 0 Å². The molecule has 3 aromatic rings. The second-order valence-corrected chi connectivity index (χ2v) is 7.56. The average molecular weight is 491 g/mol. The molecule has 3 rings (SSSR count). The quantitative estimate of drug-likeness (QED) is 0.161. The van der Waals surface area contributed by atoms with Gasteiger partial charge >= 0.3 is 5.97 Å². The lowest BCUT2D eigenvalue weighted by Gasteiger charge is -2.12. The van der Waals surface area contributed by atoms with Gasteiger partial charge in [-0.3, -0.25) is 4.79 Å². The molecule has 0 unspecified atom stereocenters. The third-order valence-electron chi connectivity index (χ3n) is 4.84. The van der Waals surface area contributed by atoms with Gasteiger partial charge in [-0.05, 0) is 92.6 Å². The van der Waals surface area contributed by atoms with Gasteiger partial charge in [0.2, 0.25) is 0 Å². The predicted molar refractivity (Wildman–Crippen MR) is 137 cm³/mol. The lowest BCUT2D eigenvalue weighted by atomic mass is 10.2. The number of hydrogen-bond acceptors (Lipinski definition) is 7. The van der Waals surface area contributed by atoms with E-state index in [1.807, 2.05) is 20.8 Å². The first-order valence-corrected chi connectivity index (χ1v) is 11.8. The first-order chi connectivity index (χ1) is 17.5. The molecule has 0 aromatic heterocycles. The van der Waals surface area contributed by atoms with Gasteiger partial charge in [-0.1, -0.05) is 6.92 Å². The highest BCUT2D eigenvalue weighted by atomic mass is 16.6. The highest BCUT2D eigenvalue weighted by Gasteiger charge is 2.14. The Balaban J connectivity index is 1.63. The van der Waals surface area contributed by atoms with Crippen molar-refractivity contribution in [3.63, 3.8) is 0 Å². The van der Waals surface area contributed by atoms with Crippen molar-refractivity contribution < 1.29 is 28.5 Å². The van der Waals surface area contributed by atoms with Crippen LogP contribution in [0.3, 0.4) is 0 Å². The van der Waals surface area contributed by atoms with Gasteiger partial charge in [-0.2, -0.15) is 5.10 Å². The fourth-order valence-electron chi connectivity index (χ4n) is 3.12. The predicted octanol–water partition coefficient (Wildman–Crippen LogP) is 5.26. The van der Waals surface area contributed by atoms with Gasteiger partial charge in [0.05, 0.1) is 31.6 Å². The van der Waals surface area contributed by atoms with Crippen molar-refractivity contribution in [3.05, 3.63) is 83.4 Å². The first kappa shape index (κ1) is 26.3. The number of rotatable bonds is 12. The number of nitrogens with zero attached hydrogens (tertiary/aromatic N) is 1. The Kier molecular flexibility index (Phi) is 9.88. The lowest BCUT2D eigenvalue weighted by Crippen LogP contribution is -2.17. The molecular formula is C28H30N2O6. The number of carbonyl (C=O) groups is 2. The molecule has 0 fully saturated rings. The number of hydrogen-bond donors (Lipinski definition) is 1. The van der Waals surface area contributed by atoms with E-state index in [0.29, 0.717) is 53.8 Å². The van der Waals surface area contributed by atoms with Gasteiger partial charge in [0.15, 0.2) is 11.5 Å². The van der Waals surface area contributed by atoms with Crippen LogP contribution >= 0.6 is 0 Å². The minimum absolute atomic E-state index is 0.281. The Morgan fingerprint density at radius 1 is 0.778 bits per heavy atom. The van der Waals surface area contributed by atoms with Gasteiger partial charge < -0.3 is 18.9 Å². The SMILES string of the molecule is CCCOc1ccc(C(=O)Oc2ccc(/C=N\NC(=O)c3ccc(OCC)cc3)cc2OCC)cc1. The fourth-order valence-corrected chi connectivity index (χ4v) is 3.12. The standard InChI is InChI=1S/C28H30N2O6/c1-4-17-35-24-14-10-22(11-15-24)28(32)36-25-16-7-20(18-26(25)34-6-3)19-29-30-27(31)21-8-12-23(13-9-21)33-5-2/h7-16,18-19H,4-6,17H2,1-3H3,(H,30,31)/b29-19-. The highest BCUT2D eigenvalue weighted by molar-refractivity contribution is 5.95. The maximum atomic E-state index is 12.6. The van der Waals surface area contributed by atoms with E-state index in [1.54, 1.807) is 66.7 Å². The summed E-state index contributed by atoms with van der Waals surface area (Å²) in [5.74, 6) is 1.19. The minimum atomic E-state index is -0.512. The van der Waals surface area contributed by atoms with E-state index < -0.39 is 5.97 Å². The zero-order chi connectivity index (χ0) is 25.8. The largest absolute Gasteiger partial charge is 0.494 e. The Hall–Kier alpha value is -4.33. The third kappa shape index (κ3) is 7.59. The third-order valence-corrected chi connectivity index (χ3v) is 4.84. The molecule has 188 valence electrons. The Morgan fingerprint density at radius 3 is 2.06 bits per heavy atom. The molecule has 0 spiro atoms. The molecule has 0 bridgehead atoms. The van der Waals surface area contributed by atoms with E-state index in [-0.39, 0.29) is 11.7 Å². The number of carbonyl (C=O) groups excluding carboxylic acids is 2. The molecular weight excluding hydrogens is 460 g/mol. The zero-order valence-electron chi connectivity index (χ0n) is 20.7. The summed E-state index contributed by atoms with van der Waals surface area (Å²) in [4.78, 5) is 24.9. The molecule has 0 aliphatic rings. The second-order valence-electron chi connectivity index (χ2n) is 7.56. The van der Waals surface area contributed by atoms with Crippen LogP contribution in [-0.4, -0.2) is 37.9 Å². The van der Waals surface area contributed by atoms with Crippen molar-refractivity contribution >= 4 is 18.1 Å². The number of nitrogens with one attached hydrogen (secondary N) is 1. The number of esters is 1. The van der Waals surface area contributed by atoms with Crippen LogP contribution in [0.1, 0.15) is 53.5 Å². The van der Waals surface area contributed by atoms with Crippen molar-refractivity contribution in [1.29, 1.82) is 0 Å². The maximum Gasteiger partial charge on any atom is 0.343 e. The second kappa shape index (κ2) is 13.5. The summed E-state index contributed by atoms with van der Waals surface area (Å²) in [6.07, 6.45) is 2.38. The van der Waals surface area contributed by atoms with E-state index in [1.165, 1.54) is 6.21 Å².